The first kappa shape index (κ1) is 23.8. The number of benzene rings is 6. The second-order valence-electron chi connectivity index (χ2n) is 10.4. The predicted octanol–water partition coefficient (Wildman–Crippen LogP) is 7.90. The lowest BCUT2D eigenvalue weighted by atomic mass is 9.78. The van der Waals surface area contributed by atoms with Crippen LogP contribution in [0, 0.1) is 20.2 Å². The Morgan fingerprint density at radius 2 is 1.12 bits per heavy atom. The average Bonchev–Trinajstić information content (AvgIpc) is 3.01. The van der Waals surface area contributed by atoms with Gasteiger partial charge in [-0.05, 0) is 63.5 Å². The molecule has 0 saturated heterocycles. The van der Waals surface area contributed by atoms with Gasteiger partial charge in [-0.2, -0.15) is 0 Å². The Morgan fingerprint density at radius 3 is 1.79 bits per heavy atom. The van der Waals surface area contributed by atoms with Gasteiger partial charge >= 0.3 is 0 Å². The maximum Gasteiger partial charge on any atom is 0.285 e. The minimum absolute atomic E-state index is 0.0120. The van der Waals surface area contributed by atoms with Gasteiger partial charge in [-0.25, -0.2) is 0 Å². The Balaban J connectivity index is 1.53. The van der Waals surface area contributed by atoms with Gasteiger partial charge in [0.15, 0.2) is 5.78 Å². The lowest BCUT2D eigenvalue weighted by Crippen LogP contribution is -2.13. The largest absolute Gasteiger partial charge is 0.289 e. The number of hydrogen-bond donors (Lipinski definition) is 0. The van der Waals surface area contributed by atoms with E-state index >= 15 is 0 Å². The fraction of sp³-hybridized carbons (Fsp3) is 0. The van der Waals surface area contributed by atoms with Crippen LogP contribution in [-0.4, -0.2) is 21.4 Å². The predicted molar refractivity (Wildman–Crippen MR) is 158 cm³/mol. The van der Waals surface area contributed by atoms with Crippen LogP contribution in [0.5, 0.6) is 0 Å². The number of carbonyl (C=O) groups is 2. The zero-order valence-electron chi connectivity index (χ0n) is 21.6. The van der Waals surface area contributed by atoms with Gasteiger partial charge < -0.3 is 0 Å². The number of carbonyl (C=O) groups excluding carboxylic acids is 2. The van der Waals surface area contributed by atoms with Crippen LogP contribution in [0.2, 0.25) is 0 Å². The van der Waals surface area contributed by atoms with Crippen LogP contribution in [0.25, 0.3) is 54.9 Å². The minimum Gasteiger partial charge on any atom is -0.289 e. The molecule has 0 spiro atoms. The van der Waals surface area contributed by atoms with E-state index in [2.05, 4.69) is 0 Å². The molecule has 2 aliphatic carbocycles. The van der Waals surface area contributed by atoms with E-state index in [4.69, 9.17) is 0 Å². The molecule has 0 aliphatic heterocycles. The van der Waals surface area contributed by atoms with Crippen LogP contribution in [0.4, 0.5) is 11.4 Å². The highest BCUT2D eigenvalue weighted by Gasteiger charge is 2.34. The van der Waals surface area contributed by atoms with Gasteiger partial charge in [0.2, 0.25) is 5.78 Å². The van der Waals surface area contributed by atoms with Gasteiger partial charge in [-0.3, -0.25) is 29.8 Å². The third-order valence-electron chi connectivity index (χ3n) is 8.31. The Labute approximate surface area is 236 Å². The summed E-state index contributed by atoms with van der Waals surface area (Å²) in [5.41, 5.74) is 4.31. The highest BCUT2D eigenvalue weighted by atomic mass is 16.6. The van der Waals surface area contributed by atoms with Crippen LogP contribution in [0.1, 0.15) is 31.8 Å². The van der Waals surface area contributed by atoms with Crippen molar-refractivity contribution in [1.82, 2.24) is 0 Å². The molecule has 2 aliphatic rings. The van der Waals surface area contributed by atoms with E-state index in [1.807, 2.05) is 12.1 Å². The molecule has 0 atom stereocenters. The van der Waals surface area contributed by atoms with E-state index in [-0.39, 0.29) is 22.7 Å². The number of fused-ring (bicyclic) bond motifs is 4. The molecule has 0 bridgehead atoms. The monoisotopic (exact) mass is 548 g/mol. The molecule has 0 heterocycles. The van der Waals surface area contributed by atoms with Gasteiger partial charge in [-0.15, -0.1) is 0 Å². The second-order valence-corrected chi connectivity index (χ2v) is 10.4. The Morgan fingerprint density at radius 1 is 0.500 bits per heavy atom. The summed E-state index contributed by atoms with van der Waals surface area (Å²) in [5.74, 6) is -0.616. The van der Waals surface area contributed by atoms with Crippen molar-refractivity contribution >= 4 is 44.5 Å². The zero-order valence-corrected chi connectivity index (χ0v) is 21.6. The first-order valence-corrected chi connectivity index (χ1v) is 13.1. The van der Waals surface area contributed by atoms with Crippen molar-refractivity contribution in [1.29, 1.82) is 0 Å². The molecular formula is C34H16N2O6. The summed E-state index contributed by atoms with van der Waals surface area (Å²) in [6.45, 7) is 0. The minimum atomic E-state index is -0.562. The molecule has 0 N–H and O–H groups in total. The Hall–Kier alpha value is -6.02. The lowest BCUT2D eigenvalue weighted by Gasteiger charge is -2.23. The van der Waals surface area contributed by atoms with E-state index in [1.165, 1.54) is 6.07 Å². The topological polar surface area (TPSA) is 120 Å². The molecule has 0 aromatic heterocycles. The number of nitro benzene ring substituents is 2. The van der Waals surface area contributed by atoms with Crippen molar-refractivity contribution in [3.05, 3.63) is 140 Å². The van der Waals surface area contributed by atoms with E-state index < -0.39 is 15.6 Å². The molecule has 42 heavy (non-hydrogen) atoms. The van der Waals surface area contributed by atoms with E-state index in [9.17, 15) is 29.8 Å². The standard InChI is InChI=1S/C34H16N2O6/c37-33-21-8-3-1-6-19(21)27-16-25(32(36(41)42)23-10-5-11-24(33)30(23)27)18-14-17-12-13-28(35(39)40)31-29(17)26(15-18)20-7-2-4-9-22(20)34(31)38/h1-16H. The first-order chi connectivity index (χ1) is 20.3. The summed E-state index contributed by atoms with van der Waals surface area (Å²) in [7, 11) is 0. The molecular weight excluding hydrogens is 532 g/mol. The van der Waals surface area contributed by atoms with Crippen LogP contribution < -0.4 is 0 Å². The summed E-state index contributed by atoms with van der Waals surface area (Å²) in [6, 6.07) is 27.3. The summed E-state index contributed by atoms with van der Waals surface area (Å²) in [4.78, 5) is 50.5. The quantitative estimate of drug-likeness (QED) is 0.163. The SMILES string of the molecule is O=C1c2ccccc2-c2cc(-c3cc4c5c(cccc5c3[N+](=O)[O-])C(=O)c3ccccc3-4)cc3ccc([N+](=O)[O-])c1c23. The van der Waals surface area contributed by atoms with Gasteiger partial charge in [0.05, 0.1) is 20.8 Å². The number of nitro groups is 2. The lowest BCUT2D eigenvalue weighted by molar-refractivity contribution is -0.385. The van der Waals surface area contributed by atoms with Gasteiger partial charge in [0, 0.05) is 33.5 Å². The van der Waals surface area contributed by atoms with Crippen molar-refractivity contribution in [2.24, 2.45) is 0 Å². The maximum absolute atomic E-state index is 13.5. The summed E-state index contributed by atoms with van der Waals surface area (Å²) in [5, 5.41) is 26.5. The van der Waals surface area contributed by atoms with Crippen LogP contribution in [0.3, 0.4) is 0 Å². The molecule has 8 heteroatoms. The Bertz CT molecular complexity index is 2300. The average molecular weight is 549 g/mol. The van der Waals surface area contributed by atoms with E-state index in [0.29, 0.717) is 71.6 Å². The molecule has 6 aromatic rings. The number of nitrogens with zero attached hydrogens (tertiary/aromatic N) is 2. The van der Waals surface area contributed by atoms with Crippen molar-refractivity contribution in [3.63, 3.8) is 0 Å². The molecule has 0 radical (unpaired) electrons. The van der Waals surface area contributed by atoms with Gasteiger partial charge in [0.1, 0.15) is 5.56 Å². The molecule has 198 valence electrons. The fourth-order valence-electron chi connectivity index (χ4n) is 6.60. The summed E-state index contributed by atoms with van der Waals surface area (Å²) in [6.07, 6.45) is 0. The first-order valence-electron chi connectivity index (χ1n) is 13.1. The summed E-state index contributed by atoms with van der Waals surface area (Å²) >= 11 is 0. The molecule has 8 rings (SSSR count). The third-order valence-corrected chi connectivity index (χ3v) is 8.31. The van der Waals surface area contributed by atoms with Crippen LogP contribution in [0.15, 0.2) is 97.1 Å². The zero-order chi connectivity index (χ0) is 28.9. The fourth-order valence-corrected chi connectivity index (χ4v) is 6.60. The molecule has 0 unspecified atom stereocenters. The van der Waals surface area contributed by atoms with E-state index in [0.717, 1.165) is 0 Å². The maximum atomic E-state index is 13.5. The highest BCUT2D eigenvalue weighted by molar-refractivity contribution is 6.29. The molecule has 8 nitrogen and oxygen atoms in total. The molecule has 0 saturated carbocycles. The van der Waals surface area contributed by atoms with Crippen LogP contribution in [-0.2, 0) is 0 Å². The van der Waals surface area contributed by atoms with Crippen molar-refractivity contribution < 1.29 is 19.4 Å². The Kier molecular flexibility index (Phi) is 4.68. The summed E-state index contributed by atoms with van der Waals surface area (Å²) < 4.78 is 0. The third kappa shape index (κ3) is 3.00. The van der Waals surface area contributed by atoms with Crippen molar-refractivity contribution in [2.75, 3.05) is 0 Å². The number of rotatable bonds is 3. The molecule has 6 aromatic carbocycles. The second kappa shape index (κ2) is 8.25. The number of ketones is 2. The smallest absolute Gasteiger partial charge is 0.285 e. The van der Waals surface area contributed by atoms with Crippen LogP contribution >= 0.6 is 0 Å². The van der Waals surface area contributed by atoms with Crippen molar-refractivity contribution in [2.45, 2.75) is 0 Å². The van der Waals surface area contributed by atoms with E-state index in [1.54, 1.807) is 78.9 Å². The highest BCUT2D eigenvalue weighted by Crippen LogP contribution is 2.50. The number of hydrogen-bond acceptors (Lipinski definition) is 6. The van der Waals surface area contributed by atoms with Gasteiger partial charge in [-0.1, -0.05) is 60.7 Å². The van der Waals surface area contributed by atoms with Crippen molar-refractivity contribution in [3.8, 4) is 33.4 Å². The normalized spacial score (nSPS) is 12.8. The molecule has 0 amide bonds. The van der Waals surface area contributed by atoms with Gasteiger partial charge in [0.25, 0.3) is 11.4 Å². The molecule has 0 fully saturated rings.